The van der Waals surface area contributed by atoms with Crippen molar-refractivity contribution >= 4 is 21.7 Å². The Kier molecular flexibility index (Phi) is 5.42. The summed E-state index contributed by atoms with van der Waals surface area (Å²) in [6.07, 6.45) is -0.331. The van der Waals surface area contributed by atoms with E-state index in [2.05, 4.69) is 15.9 Å². The molecule has 0 saturated heterocycles. The molecule has 18 heavy (non-hydrogen) atoms. The first-order valence-electron chi connectivity index (χ1n) is 5.47. The Labute approximate surface area is 113 Å². The van der Waals surface area contributed by atoms with Crippen LogP contribution in [0.25, 0.3) is 0 Å². The highest BCUT2D eigenvalue weighted by atomic mass is 79.9. The van der Waals surface area contributed by atoms with E-state index >= 15 is 0 Å². The molecule has 0 amide bonds. The molecule has 0 heterocycles. The second-order valence-electron chi connectivity index (χ2n) is 3.97. The van der Waals surface area contributed by atoms with E-state index in [4.69, 9.17) is 5.26 Å². The zero-order chi connectivity index (χ0) is 13.6. The summed E-state index contributed by atoms with van der Waals surface area (Å²) in [4.78, 5) is 8.67. The molecule has 0 aromatic heterocycles. The lowest BCUT2D eigenvalue weighted by Crippen LogP contribution is -2.13. The second kappa shape index (κ2) is 6.60. The highest BCUT2D eigenvalue weighted by Gasteiger charge is 2.29. The van der Waals surface area contributed by atoms with Crippen LogP contribution in [0.3, 0.4) is 0 Å². The molecule has 0 fully saturated rings. The maximum Gasteiger partial charge on any atom is 0.302 e. The number of benzene rings is 1. The molecule has 96 valence electrons. The number of nitrogens with zero attached hydrogens (tertiary/aromatic N) is 1. The van der Waals surface area contributed by atoms with Gasteiger partial charge in [-0.2, -0.15) is 14.0 Å². The third kappa shape index (κ3) is 5.37. The molecule has 1 aromatic rings. The van der Waals surface area contributed by atoms with E-state index in [9.17, 15) is 13.6 Å². The topological polar surface area (TPSA) is 40.9 Å². The van der Waals surface area contributed by atoms with Crippen molar-refractivity contribution in [2.75, 3.05) is 0 Å². The van der Waals surface area contributed by atoms with Crippen LogP contribution in [0.1, 0.15) is 29.6 Å². The molecule has 0 N–H and O–H groups in total. The van der Waals surface area contributed by atoms with Gasteiger partial charge in [0.1, 0.15) is 0 Å². The van der Waals surface area contributed by atoms with E-state index in [1.807, 2.05) is 0 Å². The average molecular weight is 316 g/mol. The Bertz CT molecular complexity index is 437. The number of carbonyl (C=O) groups excluding carboxylic acids is 1. The molecule has 5 heteroatoms. The molecular weight excluding hydrogens is 304 g/mol. The molecule has 1 aromatic carbocycles. The lowest BCUT2D eigenvalue weighted by atomic mass is 9.97. The first kappa shape index (κ1) is 14.8. The van der Waals surface area contributed by atoms with Crippen molar-refractivity contribution in [1.82, 2.24) is 0 Å². The molecule has 1 atom stereocenters. The van der Waals surface area contributed by atoms with E-state index in [0.29, 0.717) is 5.56 Å². The van der Waals surface area contributed by atoms with Crippen molar-refractivity contribution in [2.45, 2.75) is 24.1 Å². The van der Waals surface area contributed by atoms with E-state index in [0.717, 1.165) is 0 Å². The highest BCUT2D eigenvalue weighted by molar-refractivity contribution is 9.09. The first-order valence-corrected chi connectivity index (χ1v) is 6.26. The molecule has 0 radical (unpaired) electrons. The van der Waals surface area contributed by atoms with Crippen molar-refractivity contribution in [2.24, 2.45) is 5.92 Å². The number of nitriles is 1. The molecular formula is C13H12BrF2NO. The zero-order valence-corrected chi connectivity index (χ0v) is 11.2. The number of halogens is 3. The van der Waals surface area contributed by atoms with Crippen LogP contribution in [-0.4, -0.2) is 10.6 Å². The fourth-order valence-electron chi connectivity index (χ4n) is 1.57. The fourth-order valence-corrected chi connectivity index (χ4v) is 1.96. The largest absolute Gasteiger partial charge is 0.302 e. The molecule has 1 unspecified atom stereocenters. The fraction of sp³-hybridized carbons (Fsp3) is 0.385. The first-order chi connectivity index (χ1) is 8.42. The summed E-state index contributed by atoms with van der Waals surface area (Å²) >= 11 is 2.20. The Morgan fingerprint density at radius 1 is 1.39 bits per heavy atom. The van der Waals surface area contributed by atoms with Crippen LogP contribution in [0.4, 0.5) is 8.78 Å². The molecule has 0 aliphatic heterocycles. The van der Waals surface area contributed by atoms with Gasteiger partial charge in [0, 0.05) is 18.4 Å². The predicted octanol–water partition coefficient (Wildman–Crippen LogP) is 4.17. The van der Waals surface area contributed by atoms with Crippen molar-refractivity contribution in [3.05, 3.63) is 35.9 Å². The number of hydrogen-bond donors (Lipinski definition) is 0. The maximum absolute atomic E-state index is 12.7. The second-order valence-corrected chi connectivity index (χ2v) is 5.13. The molecule has 2 nitrogen and oxygen atoms in total. The highest BCUT2D eigenvalue weighted by Crippen LogP contribution is 2.31. The summed E-state index contributed by atoms with van der Waals surface area (Å²) in [7, 11) is 0. The molecule has 0 saturated carbocycles. The van der Waals surface area contributed by atoms with Gasteiger partial charge in [0.15, 0.2) is 5.78 Å². The predicted molar refractivity (Wildman–Crippen MR) is 67.6 cm³/mol. The van der Waals surface area contributed by atoms with Crippen LogP contribution in [0.5, 0.6) is 0 Å². The Balaban J connectivity index is 2.50. The van der Waals surface area contributed by atoms with Gasteiger partial charge < -0.3 is 0 Å². The normalized spacial score (nSPS) is 12.8. The SMILES string of the molecule is N#CC(CCC(=O)c1ccccc1)CC(F)(F)Br. The number of alkyl halides is 3. The van der Waals surface area contributed by atoms with Crippen LogP contribution in [-0.2, 0) is 0 Å². The van der Waals surface area contributed by atoms with Crippen LogP contribution in [0.2, 0.25) is 0 Å². The van der Waals surface area contributed by atoms with E-state index in [1.54, 1.807) is 36.4 Å². The third-order valence-electron chi connectivity index (χ3n) is 2.48. The smallest absolute Gasteiger partial charge is 0.294 e. The van der Waals surface area contributed by atoms with Gasteiger partial charge in [-0.3, -0.25) is 4.79 Å². The van der Waals surface area contributed by atoms with Crippen molar-refractivity contribution in [3.63, 3.8) is 0 Å². The van der Waals surface area contributed by atoms with Gasteiger partial charge in [-0.1, -0.05) is 30.3 Å². The maximum atomic E-state index is 12.7. The molecule has 1 rings (SSSR count). The van der Waals surface area contributed by atoms with Crippen molar-refractivity contribution in [1.29, 1.82) is 5.26 Å². The minimum Gasteiger partial charge on any atom is -0.294 e. The number of rotatable bonds is 6. The van der Waals surface area contributed by atoms with E-state index < -0.39 is 17.2 Å². The van der Waals surface area contributed by atoms with E-state index in [1.165, 1.54) is 0 Å². The number of ketones is 1. The minimum absolute atomic E-state index is 0.102. The van der Waals surface area contributed by atoms with Gasteiger partial charge in [-0.15, -0.1) is 0 Å². The number of carbonyl (C=O) groups is 1. The van der Waals surface area contributed by atoms with Crippen LogP contribution in [0.15, 0.2) is 30.3 Å². The Morgan fingerprint density at radius 3 is 2.50 bits per heavy atom. The summed E-state index contributed by atoms with van der Waals surface area (Å²) in [6.45, 7) is 0. The van der Waals surface area contributed by atoms with Gasteiger partial charge in [-0.05, 0) is 22.4 Å². The lowest BCUT2D eigenvalue weighted by molar-refractivity contribution is 0.0860. The summed E-state index contributed by atoms with van der Waals surface area (Å²) in [6, 6.07) is 10.4. The summed E-state index contributed by atoms with van der Waals surface area (Å²) in [5.74, 6) is -0.958. The zero-order valence-electron chi connectivity index (χ0n) is 9.57. The minimum atomic E-state index is -3.05. The molecule has 0 spiro atoms. The van der Waals surface area contributed by atoms with E-state index in [-0.39, 0.29) is 18.6 Å². The average Bonchev–Trinajstić information content (AvgIpc) is 2.33. The van der Waals surface area contributed by atoms with Gasteiger partial charge in [0.25, 0.3) is 0 Å². The third-order valence-corrected chi connectivity index (χ3v) is 2.80. The monoisotopic (exact) mass is 315 g/mol. The number of Topliss-reactive ketones (excluding diaryl/α,β-unsaturated/α-hetero) is 1. The van der Waals surface area contributed by atoms with Gasteiger partial charge >= 0.3 is 4.83 Å². The van der Waals surface area contributed by atoms with Crippen molar-refractivity contribution in [3.8, 4) is 6.07 Å². The Morgan fingerprint density at radius 2 is 2.00 bits per heavy atom. The molecule has 0 bridgehead atoms. The molecule has 0 aliphatic rings. The van der Waals surface area contributed by atoms with Crippen LogP contribution < -0.4 is 0 Å². The quantitative estimate of drug-likeness (QED) is 0.584. The Hall–Kier alpha value is -1.28. The van der Waals surface area contributed by atoms with Crippen LogP contribution in [0, 0.1) is 17.2 Å². The standard InChI is InChI=1S/C13H12BrF2NO/c14-13(15,16)8-10(9-17)6-7-12(18)11-4-2-1-3-5-11/h1-5,10H,6-8H2. The number of hydrogen-bond acceptors (Lipinski definition) is 2. The summed E-state index contributed by atoms with van der Waals surface area (Å²) in [5.41, 5.74) is 0.541. The van der Waals surface area contributed by atoms with Crippen LogP contribution >= 0.6 is 15.9 Å². The molecule has 0 aliphatic carbocycles. The van der Waals surface area contributed by atoms with Gasteiger partial charge in [-0.25, -0.2) is 0 Å². The summed E-state index contributed by atoms with van der Waals surface area (Å²) < 4.78 is 25.4. The summed E-state index contributed by atoms with van der Waals surface area (Å²) in [5, 5.41) is 8.76. The lowest BCUT2D eigenvalue weighted by Gasteiger charge is -2.12. The van der Waals surface area contributed by atoms with Gasteiger partial charge in [0.05, 0.1) is 12.0 Å². The van der Waals surface area contributed by atoms with Gasteiger partial charge in [0.2, 0.25) is 0 Å². The van der Waals surface area contributed by atoms with Crippen molar-refractivity contribution < 1.29 is 13.6 Å².